The maximum Gasteiger partial charge on any atom is 0.255 e. The molecule has 9 heteroatoms. The number of methoxy groups -OCH3 is 1. The van der Waals surface area contributed by atoms with Crippen LogP contribution in [0.2, 0.25) is 0 Å². The molecule has 0 saturated heterocycles. The van der Waals surface area contributed by atoms with E-state index in [0.717, 1.165) is 24.2 Å². The van der Waals surface area contributed by atoms with E-state index in [-0.39, 0.29) is 22.3 Å². The number of sulfonamides is 1. The highest BCUT2D eigenvalue weighted by Gasteiger charge is 2.30. The molecule has 4 rings (SSSR count). The lowest BCUT2D eigenvalue weighted by molar-refractivity contribution is 0.102. The number of hydrogen-bond acceptors (Lipinski definition) is 5. The fraction of sp³-hybridized carbons (Fsp3) is 0.273. The minimum atomic E-state index is -3.79. The zero-order chi connectivity index (χ0) is 22.2. The first-order valence-corrected chi connectivity index (χ1v) is 11.4. The van der Waals surface area contributed by atoms with Crippen LogP contribution < -0.4 is 14.8 Å². The van der Waals surface area contributed by atoms with Crippen molar-refractivity contribution >= 4 is 21.6 Å². The maximum atomic E-state index is 13.0. The second-order valence-electron chi connectivity index (χ2n) is 7.51. The molecule has 0 radical (unpaired) electrons. The number of nitrogens with zero attached hydrogens (tertiary/aromatic N) is 2. The van der Waals surface area contributed by atoms with E-state index >= 15 is 0 Å². The van der Waals surface area contributed by atoms with E-state index in [0.29, 0.717) is 11.4 Å². The summed E-state index contributed by atoms with van der Waals surface area (Å²) in [5.41, 5.74) is 3.11. The Morgan fingerprint density at radius 1 is 1.13 bits per heavy atom. The van der Waals surface area contributed by atoms with Crippen LogP contribution in [0.3, 0.4) is 0 Å². The predicted molar refractivity (Wildman–Crippen MR) is 117 cm³/mol. The molecule has 8 nitrogen and oxygen atoms in total. The third-order valence-corrected chi connectivity index (χ3v) is 6.69. The number of aryl methyl sites for hydroxylation is 1. The number of hydrogen-bond donors (Lipinski definition) is 2. The zero-order valence-corrected chi connectivity index (χ0v) is 18.4. The van der Waals surface area contributed by atoms with Crippen LogP contribution in [0.15, 0.2) is 53.4 Å². The SMILES string of the molecule is COc1ccc(C(=O)Nc2c(C)nn(-c3ccccc3)c2C)cc1S(=O)(=O)NC1CC1. The molecule has 1 heterocycles. The van der Waals surface area contributed by atoms with Crippen molar-refractivity contribution in [1.82, 2.24) is 14.5 Å². The molecule has 1 aromatic heterocycles. The van der Waals surface area contributed by atoms with Crippen molar-refractivity contribution in [2.24, 2.45) is 0 Å². The highest BCUT2D eigenvalue weighted by Crippen LogP contribution is 2.29. The van der Waals surface area contributed by atoms with Crippen LogP contribution >= 0.6 is 0 Å². The molecule has 31 heavy (non-hydrogen) atoms. The molecule has 1 aliphatic rings. The highest BCUT2D eigenvalue weighted by atomic mass is 32.2. The summed E-state index contributed by atoms with van der Waals surface area (Å²) in [4.78, 5) is 12.9. The number of ether oxygens (including phenoxy) is 1. The van der Waals surface area contributed by atoms with Crippen LogP contribution in [0.25, 0.3) is 5.69 Å². The molecule has 1 amide bonds. The lowest BCUT2D eigenvalue weighted by Crippen LogP contribution is -2.26. The van der Waals surface area contributed by atoms with Gasteiger partial charge in [-0.1, -0.05) is 18.2 Å². The summed E-state index contributed by atoms with van der Waals surface area (Å²) in [6.07, 6.45) is 1.62. The normalized spacial score (nSPS) is 13.8. The Morgan fingerprint density at radius 2 is 1.84 bits per heavy atom. The maximum absolute atomic E-state index is 13.0. The lowest BCUT2D eigenvalue weighted by atomic mass is 10.2. The van der Waals surface area contributed by atoms with Gasteiger partial charge in [0.25, 0.3) is 5.91 Å². The Bertz CT molecular complexity index is 1230. The van der Waals surface area contributed by atoms with Gasteiger partial charge in [-0.15, -0.1) is 0 Å². The van der Waals surface area contributed by atoms with E-state index < -0.39 is 15.9 Å². The van der Waals surface area contributed by atoms with E-state index in [1.807, 2.05) is 44.2 Å². The molecular formula is C22H24N4O4S. The first-order valence-electron chi connectivity index (χ1n) is 9.93. The van der Waals surface area contributed by atoms with Crippen LogP contribution in [0.4, 0.5) is 5.69 Å². The van der Waals surface area contributed by atoms with Gasteiger partial charge in [0.1, 0.15) is 10.6 Å². The number of carbonyl (C=O) groups is 1. The molecule has 0 aliphatic heterocycles. The molecule has 2 aromatic carbocycles. The van der Waals surface area contributed by atoms with E-state index in [4.69, 9.17) is 4.74 Å². The standard InChI is InChI=1S/C22H24N4O4S/c1-14-21(15(2)26(24-14)18-7-5-4-6-8-18)23-22(27)16-9-12-19(30-3)20(13-16)31(28,29)25-17-10-11-17/h4-9,12-13,17,25H,10-11H2,1-3H3,(H,23,27). The van der Waals surface area contributed by atoms with Gasteiger partial charge >= 0.3 is 0 Å². The molecule has 162 valence electrons. The van der Waals surface area contributed by atoms with Crippen molar-refractivity contribution in [3.63, 3.8) is 0 Å². The largest absolute Gasteiger partial charge is 0.495 e. The van der Waals surface area contributed by atoms with Crippen molar-refractivity contribution in [1.29, 1.82) is 0 Å². The van der Waals surface area contributed by atoms with Gasteiger partial charge in [-0.3, -0.25) is 4.79 Å². The Hall–Kier alpha value is -3.17. The average molecular weight is 441 g/mol. The summed E-state index contributed by atoms with van der Waals surface area (Å²) in [5.74, 6) is -0.238. The second-order valence-corrected chi connectivity index (χ2v) is 9.19. The lowest BCUT2D eigenvalue weighted by Gasteiger charge is -2.12. The number of anilines is 1. The van der Waals surface area contributed by atoms with Crippen LogP contribution in [0, 0.1) is 13.8 Å². The third kappa shape index (κ3) is 4.33. The average Bonchev–Trinajstić information content (AvgIpc) is 3.53. The number of rotatable bonds is 7. The number of benzene rings is 2. The van der Waals surface area contributed by atoms with Crippen LogP contribution in [-0.4, -0.2) is 37.3 Å². The van der Waals surface area contributed by atoms with Crippen molar-refractivity contribution in [2.45, 2.75) is 37.6 Å². The fourth-order valence-electron chi connectivity index (χ4n) is 3.34. The van der Waals surface area contributed by atoms with Gasteiger partial charge in [-0.25, -0.2) is 17.8 Å². The number of para-hydroxylation sites is 1. The molecule has 1 fully saturated rings. The molecule has 1 aliphatic carbocycles. The van der Waals surface area contributed by atoms with E-state index in [1.165, 1.54) is 25.3 Å². The summed E-state index contributed by atoms with van der Waals surface area (Å²) < 4.78 is 35.1. The topological polar surface area (TPSA) is 102 Å². The minimum absolute atomic E-state index is 0.0528. The first kappa shape index (κ1) is 21.1. The number of amides is 1. The number of aromatic nitrogens is 2. The van der Waals surface area contributed by atoms with Crippen LogP contribution in [0.1, 0.15) is 34.6 Å². The third-order valence-electron chi connectivity index (χ3n) is 5.15. The van der Waals surface area contributed by atoms with Crippen molar-refractivity contribution in [3.05, 3.63) is 65.5 Å². The molecule has 0 bridgehead atoms. The second kappa shape index (κ2) is 8.16. The Morgan fingerprint density at radius 3 is 2.48 bits per heavy atom. The van der Waals surface area contributed by atoms with Crippen molar-refractivity contribution in [3.8, 4) is 11.4 Å². The number of nitrogens with one attached hydrogen (secondary N) is 2. The molecule has 3 aromatic rings. The minimum Gasteiger partial charge on any atom is -0.495 e. The molecular weight excluding hydrogens is 416 g/mol. The predicted octanol–water partition coefficient (Wildman–Crippen LogP) is 3.19. The first-order chi connectivity index (χ1) is 14.8. The molecule has 1 saturated carbocycles. The Balaban J connectivity index is 1.64. The Kier molecular flexibility index (Phi) is 5.55. The Labute approximate surface area is 181 Å². The summed E-state index contributed by atoms with van der Waals surface area (Å²) in [6.45, 7) is 3.68. The number of carbonyl (C=O) groups excluding carboxylic acids is 1. The van der Waals surface area contributed by atoms with Crippen molar-refractivity contribution < 1.29 is 17.9 Å². The monoisotopic (exact) mass is 440 g/mol. The van der Waals surface area contributed by atoms with E-state index in [2.05, 4.69) is 15.1 Å². The van der Waals surface area contributed by atoms with Gasteiger partial charge in [0, 0.05) is 11.6 Å². The molecule has 0 unspecified atom stereocenters. The summed E-state index contributed by atoms with van der Waals surface area (Å²) in [7, 11) is -2.39. The summed E-state index contributed by atoms with van der Waals surface area (Å²) in [5, 5.41) is 7.40. The van der Waals surface area contributed by atoms with Crippen LogP contribution in [0.5, 0.6) is 5.75 Å². The fourth-order valence-corrected chi connectivity index (χ4v) is 4.84. The van der Waals surface area contributed by atoms with Gasteiger partial charge in [0.15, 0.2) is 0 Å². The van der Waals surface area contributed by atoms with Gasteiger partial charge in [0.2, 0.25) is 10.0 Å². The molecule has 0 atom stereocenters. The summed E-state index contributed by atoms with van der Waals surface area (Å²) >= 11 is 0. The quantitative estimate of drug-likeness (QED) is 0.587. The summed E-state index contributed by atoms with van der Waals surface area (Å²) in [6, 6.07) is 13.9. The van der Waals surface area contributed by atoms with Gasteiger partial charge in [-0.2, -0.15) is 5.10 Å². The molecule has 0 spiro atoms. The van der Waals surface area contributed by atoms with Gasteiger partial charge < -0.3 is 10.1 Å². The van der Waals surface area contributed by atoms with E-state index in [9.17, 15) is 13.2 Å². The highest BCUT2D eigenvalue weighted by molar-refractivity contribution is 7.89. The van der Waals surface area contributed by atoms with Crippen molar-refractivity contribution in [2.75, 3.05) is 12.4 Å². The van der Waals surface area contributed by atoms with Crippen LogP contribution in [-0.2, 0) is 10.0 Å². The van der Waals surface area contributed by atoms with Gasteiger partial charge in [0.05, 0.1) is 29.9 Å². The van der Waals surface area contributed by atoms with E-state index in [1.54, 1.807) is 4.68 Å². The molecule has 2 N–H and O–H groups in total. The van der Waals surface area contributed by atoms with Gasteiger partial charge in [-0.05, 0) is 57.0 Å². The smallest absolute Gasteiger partial charge is 0.255 e. The zero-order valence-electron chi connectivity index (χ0n) is 17.5.